The van der Waals surface area contributed by atoms with Crippen LogP contribution in [-0.2, 0) is 0 Å². The fraction of sp³-hybridized carbons (Fsp3) is 0.412. The molecule has 1 aliphatic carbocycles. The molecule has 23 heavy (non-hydrogen) atoms. The van der Waals surface area contributed by atoms with E-state index >= 15 is 0 Å². The van der Waals surface area contributed by atoms with Crippen molar-refractivity contribution in [1.82, 2.24) is 9.55 Å². The summed E-state index contributed by atoms with van der Waals surface area (Å²) in [6.45, 7) is 3.92. The summed E-state index contributed by atoms with van der Waals surface area (Å²) >= 11 is 0. The van der Waals surface area contributed by atoms with Crippen LogP contribution in [-0.4, -0.2) is 22.8 Å². The zero-order valence-corrected chi connectivity index (χ0v) is 13.6. The first-order valence-electron chi connectivity index (χ1n) is 7.77. The Morgan fingerprint density at radius 3 is 2.74 bits per heavy atom. The summed E-state index contributed by atoms with van der Waals surface area (Å²) in [5, 5.41) is 3.07. The first-order chi connectivity index (χ1) is 11.1. The smallest absolute Gasteiger partial charge is 0.293 e. The third-order valence-corrected chi connectivity index (χ3v) is 3.60. The summed E-state index contributed by atoms with van der Waals surface area (Å²) in [6.07, 6.45) is 5.56. The number of hydrogen-bond donors (Lipinski definition) is 1. The number of nitrogens with one attached hydrogen (secondary N) is 1. The fourth-order valence-electron chi connectivity index (χ4n) is 2.38. The predicted octanol–water partition coefficient (Wildman–Crippen LogP) is 3.12. The van der Waals surface area contributed by atoms with Gasteiger partial charge >= 0.3 is 0 Å². The van der Waals surface area contributed by atoms with E-state index in [0.29, 0.717) is 23.4 Å². The Hall–Kier alpha value is -2.50. The van der Waals surface area contributed by atoms with Crippen LogP contribution in [0.3, 0.4) is 0 Å². The van der Waals surface area contributed by atoms with Crippen molar-refractivity contribution in [2.75, 3.05) is 12.4 Å². The first-order valence-corrected chi connectivity index (χ1v) is 7.77. The third kappa shape index (κ3) is 3.47. The molecule has 6 heteroatoms. The zero-order valence-electron chi connectivity index (χ0n) is 13.6. The monoisotopic (exact) mass is 315 g/mol. The molecule has 1 N–H and O–H groups in total. The lowest BCUT2D eigenvalue weighted by atomic mass is 10.2. The minimum atomic E-state index is -0.100. The van der Waals surface area contributed by atoms with Crippen molar-refractivity contribution in [3.63, 3.8) is 0 Å². The molecule has 2 aromatic rings. The van der Waals surface area contributed by atoms with E-state index in [1.165, 1.54) is 0 Å². The number of aromatic nitrogens is 2. The van der Waals surface area contributed by atoms with Gasteiger partial charge in [0, 0.05) is 30.2 Å². The molecule has 6 nitrogen and oxygen atoms in total. The summed E-state index contributed by atoms with van der Waals surface area (Å²) < 4.78 is 12.8. The molecular weight excluding hydrogens is 294 g/mol. The molecule has 1 aromatic carbocycles. The summed E-state index contributed by atoms with van der Waals surface area (Å²) in [6, 6.07) is 5.79. The van der Waals surface area contributed by atoms with Crippen molar-refractivity contribution in [2.45, 2.75) is 38.8 Å². The molecule has 1 aromatic heterocycles. The Bertz CT molecular complexity index is 751. The summed E-state index contributed by atoms with van der Waals surface area (Å²) in [4.78, 5) is 16.6. The molecule has 0 saturated heterocycles. The zero-order chi connectivity index (χ0) is 16.4. The minimum absolute atomic E-state index is 0.0595. The van der Waals surface area contributed by atoms with Gasteiger partial charge in [-0.3, -0.25) is 4.79 Å². The highest BCUT2D eigenvalue weighted by atomic mass is 16.5. The molecule has 0 bridgehead atoms. The van der Waals surface area contributed by atoms with Crippen molar-refractivity contribution in [3.8, 4) is 11.5 Å². The number of anilines is 2. The van der Waals surface area contributed by atoms with Gasteiger partial charge in [0.05, 0.1) is 13.2 Å². The van der Waals surface area contributed by atoms with Crippen LogP contribution in [0, 0.1) is 0 Å². The molecule has 1 aliphatic rings. The number of ether oxygens (including phenoxy) is 2. The third-order valence-electron chi connectivity index (χ3n) is 3.60. The van der Waals surface area contributed by atoms with Crippen LogP contribution in [0.1, 0.15) is 32.7 Å². The SMILES string of the molecule is COc1cc(Nc2nccn(C3CC3)c2=O)ccc1OC(C)C. The molecule has 0 spiro atoms. The number of hydrogen-bond acceptors (Lipinski definition) is 5. The van der Waals surface area contributed by atoms with Crippen LogP contribution in [0.2, 0.25) is 0 Å². The van der Waals surface area contributed by atoms with Gasteiger partial charge < -0.3 is 19.4 Å². The van der Waals surface area contributed by atoms with Gasteiger partial charge in [-0.15, -0.1) is 0 Å². The molecule has 122 valence electrons. The maximum absolute atomic E-state index is 12.4. The van der Waals surface area contributed by atoms with Crippen molar-refractivity contribution in [3.05, 3.63) is 40.9 Å². The Labute approximate surface area is 135 Å². The molecule has 1 heterocycles. The molecule has 0 amide bonds. The molecule has 0 aliphatic heterocycles. The second-order valence-corrected chi connectivity index (χ2v) is 5.88. The second kappa shape index (κ2) is 6.32. The lowest BCUT2D eigenvalue weighted by molar-refractivity contribution is 0.230. The fourth-order valence-corrected chi connectivity index (χ4v) is 2.38. The van der Waals surface area contributed by atoms with E-state index in [-0.39, 0.29) is 11.7 Å². The van der Waals surface area contributed by atoms with Crippen molar-refractivity contribution < 1.29 is 9.47 Å². The predicted molar refractivity (Wildman–Crippen MR) is 88.8 cm³/mol. The van der Waals surface area contributed by atoms with Gasteiger partial charge in [-0.1, -0.05) is 0 Å². The van der Waals surface area contributed by atoms with E-state index in [1.54, 1.807) is 30.1 Å². The quantitative estimate of drug-likeness (QED) is 0.887. The van der Waals surface area contributed by atoms with Crippen molar-refractivity contribution in [1.29, 1.82) is 0 Å². The van der Waals surface area contributed by atoms with Gasteiger partial charge in [0.2, 0.25) is 0 Å². The van der Waals surface area contributed by atoms with Crippen LogP contribution in [0.15, 0.2) is 35.4 Å². The van der Waals surface area contributed by atoms with Crippen molar-refractivity contribution in [2.24, 2.45) is 0 Å². The van der Waals surface area contributed by atoms with Crippen LogP contribution >= 0.6 is 0 Å². The summed E-state index contributed by atoms with van der Waals surface area (Å²) in [5.41, 5.74) is 0.632. The highest BCUT2D eigenvalue weighted by Crippen LogP contribution is 2.34. The molecule has 3 rings (SSSR count). The Balaban J connectivity index is 1.86. The van der Waals surface area contributed by atoms with Crippen LogP contribution in [0.5, 0.6) is 11.5 Å². The molecule has 1 fully saturated rings. The van der Waals surface area contributed by atoms with E-state index < -0.39 is 0 Å². The Morgan fingerprint density at radius 1 is 1.30 bits per heavy atom. The van der Waals surface area contributed by atoms with Gasteiger partial charge in [0.25, 0.3) is 5.56 Å². The highest BCUT2D eigenvalue weighted by Gasteiger charge is 2.25. The van der Waals surface area contributed by atoms with E-state index in [1.807, 2.05) is 26.0 Å². The molecule has 0 unspecified atom stereocenters. The van der Waals surface area contributed by atoms with Crippen LogP contribution in [0.4, 0.5) is 11.5 Å². The molecule has 0 atom stereocenters. The lowest BCUT2D eigenvalue weighted by Crippen LogP contribution is -2.22. The first kappa shape index (κ1) is 15.4. The topological polar surface area (TPSA) is 65.4 Å². The normalized spacial score (nSPS) is 13.9. The van der Waals surface area contributed by atoms with E-state index in [4.69, 9.17) is 9.47 Å². The largest absolute Gasteiger partial charge is 0.493 e. The van der Waals surface area contributed by atoms with E-state index in [2.05, 4.69) is 10.3 Å². The van der Waals surface area contributed by atoms with Gasteiger partial charge in [-0.25, -0.2) is 4.98 Å². The highest BCUT2D eigenvalue weighted by molar-refractivity contribution is 5.61. The average molecular weight is 315 g/mol. The van der Waals surface area contributed by atoms with E-state index in [9.17, 15) is 4.79 Å². The van der Waals surface area contributed by atoms with Gasteiger partial charge in [0.15, 0.2) is 17.3 Å². The molecule has 0 radical (unpaired) electrons. The number of benzene rings is 1. The lowest BCUT2D eigenvalue weighted by Gasteiger charge is -2.15. The standard InChI is InChI=1S/C17H21N3O3/c1-11(2)23-14-7-4-12(10-15(14)22-3)19-16-17(21)20(9-8-18-16)13-5-6-13/h4,7-11,13H,5-6H2,1-3H3,(H,18,19). The van der Waals surface area contributed by atoms with Crippen LogP contribution < -0.4 is 20.3 Å². The molecular formula is C17H21N3O3. The van der Waals surface area contributed by atoms with Gasteiger partial charge in [0.1, 0.15) is 0 Å². The number of methoxy groups -OCH3 is 1. The Kier molecular flexibility index (Phi) is 4.23. The van der Waals surface area contributed by atoms with E-state index in [0.717, 1.165) is 18.5 Å². The minimum Gasteiger partial charge on any atom is -0.493 e. The second-order valence-electron chi connectivity index (χ2n) is 5.88. The number of nitrogens with zero attached hydrogens (tertiary/aromatic N) is 2. The Morgan fingerprint density at radius 2 is 2.09 bits per heavy atom. The maximum atomic E-state index is 12.4. The van der Waals surface area contributed by atoms with Gasteiger partial charge in [-0.2, -0.15) is 0 Å². The number of rotatable bonds is 6. The van der Waals surface area contributed by atoms with Crippen LogP contribution in [0.25, 0.3) is 0 Å². The van der Waals surface area contributed by atoms with Crippen molar-refractivity contribution >= 4 is 11.5 Å². The average Bonchev–Trinajstić information content (AvgIpc) is 3.35. The maximum Gasteiger partial charge on any atom is 0.293 e. The summed E-state index contributed by atoms with van der Waals surface area (Å²) in [5.74, 6) is 1.60. The molecule has 1 saturated carbocycles. The summed E-state index contributed by atoms with van der Waals surface area (Å²) in [7, 11) is 1.59. The van der Waals surface area contributed by atoms with Gasteiger partial charge in [-0.05, 0) is 38.8 Å².